The Kier molecular flexibility index (Phi) is 5.80. The van der Waals surface area contributed by atoms with Gasteiger partial charge in [-0.3, -0.25) is 4.79 Å². The molecule has 29 heavy (non-hydrogen) atoms. The fourth-order valence-corrected chi connectivity index (χ4v) is 3.25. The van der Waals surface area contributed by atoms with E-state index in [4.69, 9.17) is 0 Å². The topological polar surface area (TPSA) is 80.6 Å². The summed E-state index contributed by atoms with van der Waals surface area (Å²) in [5.41, 5.74) is -4.82. The number of nitrogens with zero attached hydrogens (tertiary/aromatic N) is 1. The second-order valence-electron chi connectivity index (χ2n) is 6.61. The minimum Gasteiger partial charge on any atom is -0.466 e. The van der Waals surface area contributed by atoms with Crippen molar-refractivity contribution in [2.24, 2.45) is 7.05 Å². The molecule has 1 unspecified atom stereocenters. The molecular weight excluding hydrogens is 396 g/mol. The molecule has 0 aliphatic rings. The van der Waals surface area contributed by atoms with Crippen molar-refractivity contribution < 1.29 is 37.0 Å². The number of nitrogens with one attached hydrogen (secondary N) is 1. The number of aliphatic hydroxyl groups is 1. The molecule has 1 amide bonds. The van der Waals surface area contributed by atoms with E-state index in [2.05, 4.69) is 10.1 Å². The van der Waals surface area contributed by atoms with Crippen LogP contribution in [0.4, 0.5) is 23.2 Å². The van der Waals surface area contributed by atoms with Crippen LogP contribution in [0, 0.1) is 26.6 Å². The molecule has 1 atom stereocenters. The first-order chi connectivity index (χ1) is 13.3. The Morgan fingerprint density at radius 3 is 2.24 bits per heavy atom. The van der Waals surface area contributed by atoms with Gasteiger partial charge in [-0.1, -0.05) is 0 Å². The van der Waals surface area contributed by atoms with Gasteiger partial charge >= 0.3 is 12.1 Å². The van der Waals surface area contributed by atoms with Crippen LogP contribution in [0.15, 0.2) is 18.2 Å². The van der Waals surface area contributed by atoms with Crippen LogP contribution in [0.2, 0.25) is 0 Å². The number of amides is 1. The highest BCUT2D eigenvalue weighted by Gasteiger charge is 2.64. The average molecular weight is 416 g/mol. The van der Waals surface area contributed by atoms with Crippen molar-refractivity contribution in [3.8, 4) is 0 Å². The molecule has 0 radical (unpaired) electrons. The van der Waals surface area contributed by atoms with Crippen molar-refractivity contribution in [3.63, 3.8) is 0 Å². The predicted molar refractivity (Wildman–Crippen MR) is 95.9 cm³/mol. The Morgan fingerprint density at radius 1 is 1.17 bits per heavy atom. The summed E-state index contributed by atoms with van der Waals surface area (Å²) < 4.78 is 59.7. The van der Waals surface area contributed by atoms with Gasteiger partial charge in [0.2, 0.25) is 0 Å². The fourth-order valence-electron chi connectivity index (χ4n) is 3.25. The minimum absolute atomic E-state index is 0.145. The second kappa shape index (κ2) is 7.51. The zero-order valence-corrected chi connectivity index (χ0v) is 16.4. The Hall–Kier alpha value is -2.88. The van der Waals surface area contributed by atoms with Gasteiger partial charge in [0.25, 0.3) is 11.5 Å². The van der Waals surface area contributed by atoms with E-state index in [0.717, 1.165) is 17.7 Å². The zero-order valence-electron chi connectivity index (χ0n) is 16.4. The number of halogens is 4. The highest BCUT2D eigenvalue weighted by molar-refractivity contribution is 6.05. The molecule has 6 nitrogen and oxygen atoms in total. The maximum Gasteiger partial charge on any atom is 0.432 e. The third-order valence-corrected chi connectivity index (χ3v) is 4.81. The first kappa shape index (κ1) is 22.4. The molecular formula is C19H20F4N2O4. The van der Waals surface area contributed by atoms with Gasteiger partial charge in [-0.25, -0.2) is 9.18 Å². The van der Waals surface area contributed by atoms with Gasteiger partial charge in [-0.15, -0.1) is 0 Å². The van der Waals surface area contributed by atoms with E-state index in [-0.39, 0.29) is 28.2 Å². The molecule has 0 aliphatic carbocycles. The number of esters is 1. The molecule has 2 aromatic rings. The fraction of sp³-hybridized carbons (Fsp3) is 0.368. The summed E-state index contributed by atoms with van der Waals surface area (Å²) >= 11 is 0. The van der Waals surface area contributed by atoms with E-state index in [0.29, 0.717) is 0 Å². The van der Waals surface area contributed by atoms with Crippen LogP contribution in [-0.4, -0.2) is 34.8 Å². The van der Waals surface area contributed by atoms with Crippen LogP contribution in [0.25, 0.3) is 0 Å². The summed E-state index contributed by atoms with van der Waals surface area (Å²) in [5.74, 6) is -3.19. The van der Waals surface area contributed by atoms with Gasteiger partial charge in [0.1, 0.15) is 11.5 Å². The summed E-state index contributed by atoms with van der Waals surface area (Å²) in [7, 11) is 2.04. The summed E-state index contributed by atoms with van der Waals surface area (Å²) in [6.45, 7) is 3.91. The van der Waals surface area contributed by atoms with E-state index in [1.807, 2.05) is 0 Å². The number of ether oxygens (including phenoxy) is 1. The molecule has 158 valence electrons. The molecule has 10 heteroatoms. The molecule has 0 aliphatic heterocycles. The van der Waals surface area contributed by atoms with Crippen molar-refractivity contribution in [1.82, 2.24) is 4.57 Å². The van der Waals surface area contributed by atoms with E-state index in [1.165, 1.54) is 40.0 Å². The quantitative estimate of drug-likeness (QED) is 0.592. The molecule has 0 saturated heterocycles. The van der Waals surface area contributed by atoms with Crippen LogP contribution >= 0.6 is 0 Å². The number of methoxy groups -OCH3 is 1. The van der Waals surface area contributed by atoms with Crippen molar-refractivity contribution >= 4 is 17.6 Å². The molecule has 0 fully saturated rings. The normalized spacial score (nSPS) is 13.7. The predicted octanol–water partition coefficient (Wildman–Crippen LogP) is 3.26. The monoisotopic (exact) mass is 416 g/mol. The molecule has 1 aromatic carbocycles. The summed E-state index contributed by atoms with van der Waals surface area (Å²) in [4.78, 5) is 24.6. The van der Waals surface area contributed by atoms with Crippen molar-refractivity contribution in [3.05, 3.63) is 52.1 Å². The van der Waals surface area contributed by atoms with Crippen LogP contribution in [0.5, 0.6) is 0 Å². The SMILES string of the molecule is COC(=O)C(O)(c1c(C)c(C(=O)Nc2ccc(F)c(C)c2)n(C)c1C)C(F)(F)F. The lowest BCUT2D eigenvalue weighted by Gasteiger charge is -2.28. The Balaban J connectivity index is 2.61. The molecule has 2 N–H and O–H groups in total. The van der Waals surface area contributed by atoms with E-state index in [9.17, 15) is 32.3 Å². The minimum atomic E-state index is -5.39. The lowest BCUT2D eigenvalue weighted by molar-refractivity contribution is -0.267. The first-order valence-electron chi connectivity index (χ1n) is 8.38. The lowest BCUT2D eigenvalue weighted by Crippen LogP contribution is -2.50. The molecule has 2 rings (SSSR count). The van der Waals surface area contributed by atoms with Crippen molar-refractivity contribution in [1.29, 1.82) is 0 Å². The number of aromatic nitrogens is 1. The molecule has 0 saturated carbocycles. The van der Waals surface area contributed by atoms with Crippen LogP contribution in [-0.2, 0) is 22.2 Å². The smallest absolute Gasteiger partial charge is 0.432 e. The Morgan fingerprint density at radius 2 is 1.76 bits per heavy atom. The molecule has 0 spiro atoms. The average Bonchev–Trinajstić information content (AvgIpc) is 2.85. The van der Waals surface area contributed by atoms with Gasteiger partial charge in [-0.2, -0.15) is 13.2 Å². The molecule has 1 aromatic heterocycles. The zero-order chi connectivity index (χ0) is 22.3. The number of hydrogen-bond donors (Lipinski definition) is 2. The maximum absolute atomic E-state index is 13.7. The van der Waals surface area contributed by atoms with Crippen LogP contribution in [0.1, 0.15) is 32.9 Å². The third kappa shape index (κ3) is 3.59. The van der Waals surface area contributed by atoms with Gasteiger partial charge in [-0.05, 0) is 50.1 Å². The molecule has 0 bridgehead atoms. The largest absolute Gasteiger partial charge is 0.466 e. The van der Waals surface area contributed by atoms with Crippen LogP contribution in [0.3, 0.4) is 0 Å². The summed E-state index contributed by atoms with van der Waals surface area (Å²) in [5, 5.41) is 12.8. The number of rotatable bonds is 4. The number of benzene rings is 1. The number of hydrogen-bond acceptors (Lipinski definition) is 4. The lowest BCUT2D eigenvalue weighted by atomic mass is 9.89. The van der Waals surface area contributed by atoms with E-state index >= 15 is 0 Å². The van der Waals surface area contributed by atoms with E-state index < -0.39 is 35.0 Å². The van der Waals surface area contributed by atoms with Crippen molar-refractivity contribution in [2.45, 2.75) is 32.5 Å². The number of carbonyl (C=O) groups excluding carboxylic acids is 2. The van der Waals surface area contributed by atoms with Gasteiger partial charge in [0.05, 0.1) is 7.11 Å². The summed E-state index contributed by atoms with van der Waals surface area (Å²) in [6, 6.07) is 3.80. The van der Waals surface area contributed by atoms with E-state index in [1.54, 1.807) is 0 Å². The maximum atomic E-state index is 13.7. The second-order valence-corrected chi connectivity index (χ2v) is 6.61. The first-order valence-corrected chi connectivity index (χ1v) is 8.38. The Labute approximate surface area is 164 Å². The number of anilines is 1. The standard InChI is InChI=1S/C19H20F4N2O4/c1-9-8-12(6-7-13(9)20)24-16(26)15-10(2)14(11(3)25(15)4)18(28,17(27)29-5)19(21,22)23/h6-8,28H,1-5H3,(H,24,26). The third-order valence-electron chi connectivity index (χ3n) is 4.81. The highest BCUT2D eigenvalue weighted by Crippen LogP contribution is 2.44. The summed E-state index contributed by atoms with van der Waals surface area (Å²) in [6.07, 6.45) is -5.39. The number of aryl methyl sites for hydroxylation is 1. The highest BCUT2D eigenvalue weighted by atomic mass is 19.4. The van der Waals surface area contributed by atoms with Gasteiger partial charge < -0.3 is 19.7 Å². The Bertz CT molecular complexity index is 982. The van der Waals surface area contributed by atoms with Gasteiger partial charge in [0.15, 0.2) is 0 Å². The molecule has 1 heterocycles. The van der Waals surface area contributed by atoms with Crippen LogP contribution < -0.4 is 5.32 Å². The number of carbonyl (C=O) groups is 2. The van der Waals surface area contributed by atoms with Gasteiger partial charge in [0, 0.05) is 24.0 Å². The van der Waals surface area contributed by atoms with Crippen molar-refractivity contribution in [2.75, 3.05) is 12.4 Å². The number of alkyl halides is 3.